The monoisotopic (exact) mass is 252 g/mol. The SMILES string of the molecule is NCCCC(=O)N1CCc2c(Cl)cccc2C1. The minimum Gasteiger partial charge on any atom is -0.338 e. The van der Waals surface area contributed by atoms with Gasteiger partial charge in [-0.15, -0.1) is 0 Å². The Morgan fingerprint density at radius 3 is 3.06 bits per heavy atom. The molecule has 1 aromatic rings. The molecule has 0 atom stereocenters. The van der Waals surface area contributed by atoms with Crippen LogP contribution >= 0.6 is 11.6 Å². The van der Waals surface area contributed by atoms with Crippen molar-refractivity contribution in [1.29, 1.82) is 0 Å². The number of fused-ring (bicyclic) bond motifs is 1. The molecule has 3 nitrogen and oxygen atoms in total. The van der Waals surface area contributed by atoms with E-state index in [0.717, 1.165) is 24.4 Å². The molecule has 0 spiro atoms. The summed E-state index contributed by atoms with van der Waals surface area (Å²) in [4.78, 5) is 13.8. The van der Waals surface area contributed by atoms with Crippen LogP contribution in [0.2, 0.25) is 5.02 Å². The van der Waals surface area contributed by atoms with Crippen LogP contribution in [0.4, 0.5) is 0 Å². The molecule has 17 heavy (non-hydrogen) atoms. The van der Waals surface area contributed by atoms with Crippen molar-refractivity contribution in [1.82, 2.24) is 4.90 Å². The Morgan fingerprint density at radius 2 is 2.29 bits per heavy atom. The van der Waals surface area contributed by atoms with Crippen molar-refractivity contribution in [3.8, 4) is 0 Å². The van der Waals surface area contributed by atoms with Crippen molar-refractivity contribution in [3.05, 3.63) is 34.3 Å². The molecule has 1 heterocycles. The van der Waals surface area contributed by atoms with Crippen molar-refractivity contribution < 1.29 is 4.79 Å². The van der Waals surface area contributed by atoms with Gasteiger partial charge in [-0.25, -0.2) is 0 Å². The quantitative estimate of drug-likeness (QED) is 0.894. The molecule has 0 aromatic heterocycles. The third-order valence-corrected chi connectivity index (χ3v) is 3.51. The van der Waals surface area contributed by atoms with Crippen LogP contribution in [0, 0.1) is 0 Å². The summed E-state index contributed by atoms with van der Waals surface area (Å²) in [6.45, 7) is 2.02. The number of hydrogen-bond donors (Lipinski definition) is 1. The number of amides is 1. The number of carbonyl (C=O) groups is 1. The standard InChI is InChI=1S/C13H17ClN2O/c14-12-4-1-3-10-9-16(8-6-11(10)12)13(17)5-2-7-15/h1,3-4H,2,5-9,15H2. The van der Waals surface area contributed by atoms with Crippen LogP contribution in [-0.4, -0.2) is 23.9 Å². The maximum atomic E-state index is 11.9. The van der Waals surface area contributed by atoms with Gasteiger partial charge < -0.3 is 10.6 Å². The third kappa shape index (κ3) is 2.79. The molecule has 0 saturated heterocycles. The van der Waals surface area contributed by atoms with Crippen LogP contribution in [0.25, 0.3) is 0 Å². The molecule has 0 radical (unpaired) electrons. The molecule has 0 bridgehead atoms. The van der Waals surface area contributed by atoms with E-state index in [2.05, 4.69) is 0 Å². The van der Waals surface area contributed by atoms with Gasteiger partial charge in [-0.05, 0) is 36.6 Å². The third-order valence-electron chi connectivity index (χ3n) is 3.16. The molecular weight excluding hydrogens is 236 g/mol. The Balaban J connectivity index is 2.06. The molecule has 2 rings (SSSR count). The van der Waals surface area contributed by atoms with Gasteiger partial charge in [-0.1, -0.05) is 23.7 Å². The zero-order valence-corrected chi connectivity index (χ0v) is 10.5. The predicted octanol–water partition coefficient (Wildman–Crippen LogP) is 1.96. The first-order chi connectivity index (χ1) is 8.22. The van der Waals surface area contributed by atoms with Crippen LogP contribution < -0.4 is 5.73 Å². The number of nitrogens with two attached hydrogens (primary N) is 1. The van der Waals surface area contributed by atoms with Crippen molar-refractivity contribution >= 4 is 17.5 Å². The molecule has 0 unspecified atom stereocenters. The molecule has 4 heteroatoms. The van der Waals surface area contributed by atoms with Gasteiger partial charge in [0, 0.05) is 24.5 Å². The number of halogens is 1. The van der Waals surface area contributed by atoms with Gasteiger partial charge in [0.05, 0.1) is 0 Å². The van der Waals surface area contributed by atoms with E-state index in [9.17, 15) is 4.79 Å². The predicted molar refractivity (Wildman–Crippen MR) is 68.9 cm³/mol. The smallest absolute Gasteiger partial charge is 0.222 e. The van der Waals surface area contributed by atoms with E-state index in [-0.39, 0.29) is 5.91 Å². The largest absolute Gasteiger partial charge is 0.338 e. The van der Waals surface area contributed by atoms with Crippen molar-refractivity contribution in [2.45, 2.75) is 25.8 Å². The first-order valence-corrected chi connectivity index (χ1v) is 6.34. The molecular formula is C13H17ClN2O. The first kappa shape index (κ1) is 12.4. The summed E-state index contributed by atoms with van der Waals surface area (Å²) in [6, 6.07) is 5.89. The van der Waals surface area contributed by atoms with E-state index in [4.69, 9.17) is 17.3 Å². The average molecular weight is 253 g/mol. The topological polar surface area (TPSA) is 46.3 Å². The molecule has 0 fully saturated rings. The highest BCUT2D eigenvalue weighted by Crippen LogP contribution is 2.26. The Hall–Kier alpha value is -1.06. The van der Waals surface area contributed by atoms with Crippen LogP contribution in [0.5, 0.6) is 0 Å². The Bertz CT molecular complexity index is 420. The lowest BCUT2D eigenvalue weighted by Crippen LogP contribution is -2.36. The van der Waals surface area contributed by atoms with Crippen molar-refractivity contribution in [2.75, 3.05) is 13.1 Å². The summed E-state index contributed by atoms with van der Waals surface area (Å²) in [5.74, 6) is 0.195. The number of benzene rings is 1. The van der Waals surface area contributed by atoms with Gasteiger partial charge in [0.2, 0.25) is 5.91 Å². The molecule has 1 aromatic carbocycles. The van der Waals surface area contributed by atoms with E-state index in [0.29, 0.717) is 19.5 Å². The fourth-order valence-electron chi connectivity index (χ4n) is 2.19. The van der Waals surface area contributed by atoms with Crippen molar-refractivity contribution in [2.24, 2.45) is 5.73 Å². The van der Waals surface area contributed by atoms with E-state index >= 15 is 0 Å². The second-order valence-corrected chi connectivity index (χ2v) is 4.74. The maximum absolute atomic E-state index is 11.9. The van der Waals surface area contributed by atoms with E-state index in [1.165, 1.54) is 11.1 Å². The van der Waals surface area contributed by atoms with Gasteiger partial charge in [0.25, 0.3) is 0 Å². The van der Waals surface area contributed by atoms with Gasteiger partial charge >= 0.3 is 0 Å². The Kier molecular flexibility index (Phi) is 4.02. The summed E-state index contributed by atoms with van der Waals surface area (Å²) in [5.41, 5.74) is 7.78. The molecule has 0 aliphatic carbocycles. The normalized spacial score (nSPS) is 14.6. The van der Waals surface area contributed by atoms with Crippen LogP contribution in [0.3, 0.4) is 0 Å². The average Bonchev–Trinajstić information content (AvgIpc) is 2.36. The number of nitrogens with zero attached hydrogens (tertiary/aromatic N) is 1. The van der Waals surface area contributed by atoms with E-state index in [1.54, 1.807) is 0 Å². The summed E-state index contributed by atoms with van der Waals surface area (Å²) in [6.07, 6.45) is 2.16. The maximum Gasteiger partial charge on any atom is 0.222 e. The summed E-state index contributed by atoms with van der Waals surface area (Å²) in [5, 5.41) is 0.816. The van der Waals surface area contributed by atoms with E-state index in [1.807, 2.05) is 23.1 Å². The lowest BCUT2D eigenvalue weighted by atomic mass is 9.99. The number of rotatable bonds is 3. The van der Waals surface area contributed by atoms with Crippen LogP contribution in [0.1, 0.15) is 24.0 Å². The molecule has 0 saturated carbocycles. The molecule has 1 aliphatic rings. The highest BCUT2D eigenvalue weighted by molar-refractivity contribution is 6.31. The minimum atomic E-state index is 0.195. The van der Waals surface area contributed by atoms with E-state index < -0.39 is 0 Å². The molecule has 2 N–H and O–H groups in total. The van der Waals surface area contributed by atoms with Gasteiger partial charge in [0.15, 0.2) is 0 Å². The molecule has 1 aliphatic heterocycles. The summed E-state index contributed by atoms with van der Waals surface area (Å²) < 4.78 is 0. The lowest BCUT2D eigenvalue weighted by Gasteiger charge is -2.29. The molecule has 92 valence electrons. The number of carbonyl (C=O) groups excluding carboxylic acids is 1. The minimum absolute atomic E-state index is 0.195. The Labute approximate surface area is 107 Å². The lowest BCUT2D eigenvalue weighted by molar-refractivity contribution is -0.132. The highest BCUT2D eigenvalue weighted by atomic mass is 35.5. The summed E-state index contributed by atoms with van der Waals surface area (Å²) >= 11 is 6.13. The summed E-state index contributed by atoms with van der Waals surface area (Å²) in [7, 11) is 0. The second-order valence-electron chi connectivity index (χ2n) is 4.34. The Morgan fingerprint density at radius 1 is 1.47 bits per heavy atom. The number of hydrogen-bond acceptors (Lipinski definition) is 2. The fraction of sp³-hybridized carbons (Fsp3) is 0.462. The molecule has 1 amide bonds. The van der Waals surface area contributed by atoms with Gasteiger partial charge in [-0.3, -0.25) is 4.79 Å². The first-order valence-electron chi connectivity index (χ1n) is 5.96. The van der Waals surface area contributed by atoms with Crippen molar-refractivity contribution in [3.63, 3.8) is 0 Å². The van der Waals surface area contributed by atoms with Crippen LogP contribution in [-0.2, 0) is 17.8 Å². The second kappa shape index (κ2) is 5.52. The fourth-order valence-corrected chi connectivity index (χ4v) is 2.48. The van der Waals surface area contributed by atoms with Gasteiger partial charge in [0.1, 0.15) is 0 Å². The van der Waals surface area contributed by atoms with Gasteiger partial charge in [-0.2, -0.15) is 0 Å². The zero-order valence-electron chi connectivity index (χ0n) is 9.79. The zero-order chi connectivity index (χ0) is 12.3. The highest BCUT2D eigenvalue weighted by Gasteiger charge is 2.21. The van der Waals surface area contributed by atoms with Crippen LogP contribution in [0.15, 0.2) is 18.2 Å².